The summed E-state index contributed by atoms with van der Waals surface area (Å²) in [5.41, 5.74) is -1.39. The predicted octanol–water partition coefficient (Wildman–Crippen LogP) is 2.10. The van der Waals surface area contributed by atoms with E-state index in [2.05, 4.69) is 0 Å². The van der Waals surface area contributed by atoms with Gasteiger partial charge in [0.15, 0.2) is 0 Å². The summed E-state index contributed by atoms with van der Waals surface area (Å²) in [5.74, 6) is -1.09. The standard InChI is InChI=1S/C17H25NO4/c1-15(2)16(3)6-7-17(15,9-12(16)19)14(22)18-8-4-5-11(10-18)13(20)21/h11H,4-10H2,1-3H3,(H,20,21)/t11-,16-,17+/m0/s1. The second kappa shape index (κ2) is 4.56. The number of hydrogen-bond acceptors (Lipinski definition) is 3. The first-order chi connectivity index (χ1) is 10.2. The second-order valence-electron chi connectivity index (χ2n) is 8.07. The zero-order valence-corrected chi connectivity index (χ0v) is 13.6. The monoisotopic (exact) mass is 307 g/mol. The molecule has 3 rings (SSSR count). The molecule has 2 saturated carbocycles. The molecule has 0 aromatic heterocycles. The van der Waals surface area contributed by atoms with Crippen molar-refractivity contribution < 1.29 is 19.5 Å². The summed E-state index contributed by atoms with van der Waals surface area (Å²) in [5, 5.41) is 9.23. The Balaban J connectivity index is 1.89. The van der Waals surface area contributed by atoms with Crippen LogP contribution in [0, 0.1) is 22.2 Å². The van der Waals surface area contributed by atoms with E-state index in [1.807, 2.05) is 20.8 Å². The third kappa shape index (κ3) is 1.68. The van der Waals surface area contributed by atoms with Crippen LogP contribution in [0.25, 0.3) is 0 Å². The summed E-state index contributed by atoms with van der Waals surface area (Å²) >= 11 is 0. The molecule has 2 bridgehead atoms. The van der Waals surface area contributed by atoms with Crippen molar-refractivity contribution in [3.63, 3.8) is 0 Å². The van der Waals surface area contributed by atoms with Crippen LogP contribution >= 0.6 is 0 Å². The van der Waals surface area contributed by atoms with Crippen LogP contribution in [-0.2, 0) is 14.4 Å². The molecular formula is C17H25NO4. The van der Waals surface area contributed by atoms with E-state index in [0.717, 1.165) is 19.3 Å². The average Bonchev–Trinajstić information content (AvgIpc) is 2.77. The molecule has 1 amide bonds. The number of carbonyl (C=O) groups excluding carboxylic acids is 2. The maximum absolute atomic E-state index is 13.2. The van der Waals surface area contributed by atoms with Crippen LogP contribution < -0.4 is 0 Å². The first kappa shape index (κ1) is 15.5. The van der Waals surface area contributed by atoms with E-state index < -0.39 is 22.7 Å². The number of aliphatic carboxylic acids is 1. The second-order valence-corrected chi connectivity index (χ2v) is 8.07. The predicted molar refractivity (Wildman–Crippen MR) is 80.1 cm³/mol. The molecule has 0 radical (unpaired) electrons. The zero-order chi connectivity index (χ0) is 16.3. The number of carbonyl (C=O) groups is 3. The topological polar surface area (TPSA) is 74.7 Å². The van der Waals surface area contributed by atoms with Crippen LogP contribution in [0.15, 0.2) is 0 Å². The number of rotatable bonds is 2. The number of amides is 1. The highest BCUT2D eigenvalue weighted by Gasteiger charge is 2.73. The smallest absolute Gasteiger partial charge is 0.308 e. The molecule has 1 N–H and O–H groups in total. The molecule has 0 unspecified atom stereocenters. The lowest BCUT2D eigenvalue weighted by Gasteiger charge is -2.43. The van der Waals surface area contributed by atoms with Crippen LogP contribution in [0.2, 0.25) is 0 Å². The van der Waals surface area contributed by atoms with E-state index in [1.54, 1.807) is 4.90 Å². The lowest BCUT2D eigenvalue weighted by molar-refractivity contribution is -0.153. The van der Waals surface area contributed by atoms with Crippen molar-refractivity contribution in [3.05, 3.63) is 0 Å². The largest absolute Gasteiger partial charge is 0.481 e. The van der Waals surface area contributed by atoms with Gasteiger partial charge in [-0.05, 0) is 31.1 Å². The fraction of sp³-hybridized carbons (Fsp3) is 0.824. The molecule has 5 heteroatoms. The SMILES string of the molecule is CC1(C)[C@]2(C(=O)N3CCC[C@H](C(=O)O)C3)CC[C@@]1(C)C(=O)C2. The van der Waals surface area contributed by atoms with Gasteiger partial charge in [-0.3, -0.25) is 14.4 Å². The molecule has 22 heavy (non-hydrogen) atoms. The molecule has 3 atom stereocenters. The van der Waals surface area contributed by atoms with Crippen molar-refractivity contribution >= 4 is 17.7 Å². The molecular weight excluding hydrogens is 282 g/mol. The zero-order valence-electron chi connectivity index (χ0n) is 13.6. The molecule has 122 valence electrons. The third-order valence-corrected chi connectivity index (χ3v) is 7.17. The minimum absolute atomic E-state index is 0.0121. The number of hydrogen-bond donors (Lipinski definition) is 1. The molecule has 5 nitrogen and oxygen atoms in total. The van der Waals surface area contributed by atoms with Gasteiger partial charge in [0, 0.05) is 24.9 Å². The molecule has 2 aliphatic carbocycles. The van der Waals surface area contributed by atoms with Crippen LogP contribution in [0.1, 0.15) is 52.9 Å². The van der Waals surface area contributed by atoms with Gasteiger partial charge in [0.05, 0.1) is 11.3 Å². The fourth-order valence-corrected chi connectivity index (χ4v) is 5.00. The summed E-state index contributed by atoms with van der Waals surface area (Å²) in [7, 11) is 0. The Bertz CT molecular complexity index is 555. The maximum Gasteiger partial charge on any atom is 0.308 e. The van der Waals surface area contributed by atoms with Gasteiger partial charge in [-0.25, -0.2) is 0 Å². The summed E-state index contributed by atoms with van der Waals surface area (Å²) < 4.78 is 0. The number of fused-ring (bicyclic) bond motifs is 2. The van der Waals surface area contributed by atoms with E-state index in [0.29, 0.717) is 19.4 Å². The van der Waals surface area contributed by atoms with Crippen LogP contribution in [0.3, 0.4) is 0 Å². The van der Waals surface area contributed by atoms with E-state index in [1.165, 1.54) is 0 Å². The van der Waals surface area contributed by atoms with Gasteiger partial charge < -0.3 is 10.0 Å². The highest BCUT2D eigenvalue weighted by molar-refractivity contribution is 5.99. The Morgan fingerprint density at radius 3 is 2.41 bits per heavy atom. The van der Waals surface area contributed by atoms with Gasteiger partial charge >= 0.3 is 5.97 Å². The third-order valence-electron chi connectivity index (χ3n) is 7.17. The highest BCUT2D eigenvalue weighted by atomic mass is 16.4. The molecule has 1 saturated heterocycles. The Morgan fingerprint density at radius 1 is 1.23 bits per heavy atom. The van der Waals surface area contributed by atoms with Crippen molar-refractivity contribution in [2.75, 3.05) is 13.1 Å². The maximum atomic E-state index is 13.2. The molecule has 3 fully saturated rings. The fourth-order valence-electron chi connectivity index (χ4n) is 5.00. The number of nitrogens with zero attached hydrogens (tertiary/aromatic N) is 1. The van der Waals surface area contributed by atoms with Crippen molar-refractivity contribution in [2.24, 2.45) is 22.2 Å². The molecule has 0 spiro atoms. The molecule has 0 aromatic rings. The Labute approximate surface area is 131 Å². The summed E-state index contributed by atoms with van der Waals surface area (Å²) in [6.07, 6.45) is 3.19. The Kier molecular flexibility index (Phi) is 3.21. The summed E-state index contributed by atoms with van der Waals surface area (Å²) in [4.78, 5) is 38.7. The van der Waals surface area contributed by atoms with Crippen molar-refractivity contribution in [2.45, 2.75) is 52.9 Å². The van der Waals surface area contributed by atoms with E-state index in [-0.39, 0.29) is 23.7 Å². The van der Waals surface area contributed by atoms with E-state index >= 15 is 0 Å². The van der Waals surface area contributed by atoms with Crippen LogP contribution in [0.4, 0.5) is 0 Å². The number of Topliss-reactive ketones (excluding diaryl/α,β-unsaturated/α-hetero) is 1. The van der Waals surface area contributed by atoms with Gasteiger partial charge in [-0.1, -0.05) is 20.8 Å². The van der Waals surface area contributed by atoms with Crippen molar-refractivity contribution in [3.8, 4) is 0 Å². The number of carboxylic acid groups (broad SMARTS) is 1. The van der Waals surface area contributed by atoms with Gasteiger partial charge in [0.1, 0.15) is 5.78 Å². The summed E-state index contributed by atoms with van der Waals surface area (Å²) in [6, 6.07) is 0. The average molecular weight is 307 g/mol. The Morgan fingerprint density at radius 2 is 1.91 bits per heavy atom. The molecule has 1 aliphatic heterocycles. The van der Waals surface area contributed by atoms with Gasteiger partial charge in [0.25, 0.3) is 0 Å². The molecule has 1 heterocycles. The van der Waals surface area contributed by atoms with Crippen molar-refractivity contribution in [1.82, 2.24) is 4.90 Å². The normalized spacial score (nSPS) is 40.0. The number of carboxylic acids is 1. The first-order valence-corrected chi connectivity index (χ1v) is 8.21. The van der Waals surface area contributed by atoms with E-state index in [4.69, 9.17) is 0 Å². The first-order valence-electron chi connectivity index (χ1n) is 8.21. The van der Waals surface area contributed by atoms with Crippen molar-refractivity contribution in [1.29, 1.82) is 0 Å². The Hall–Kier alpha value is -1.39. The molecule has 0 aromatic carbocycles. The quantitative estimate of drug-likeness (QED) is 0.847. The lowest BCUT2D eigenvalue weighted by atomic mass is 9.64. The lowest BCUT2D eigenvalue weighted by Crippen LogP contribution is -2.52. The van der Waals surface area contributed by atoms with Gasteiger partial charge in [-0.15, -0.1) is 0 Å². The van der Waals surface area contributed by atoms with E-state index in [9.17, 15) is 19.5 Å². The number of ketones is 1. The van der Waals surface area contributed by atoms with Crippen LogP contribution in [-0.4, -0.2) is 40.8 Å². The van der Waals surface area contributed by atoms with Crippen LogP contribution in [0.5, 0.6) is 0 Å². The minimum Gasteiger partial charge on any atom is -0.481 e. The number of piperidine rings is 1. The highest BCUT2D eigenvalue weighted by Crippen LogP contribution is 2.71. The van der Waals surface area contributed by atoms with Gasteiger partial charge in [0.2, 0.25) is 5.91 Å². The van der Waals surface area contributed by atoms with Gasteiger partial charge in [-0.2, -0.15) is 0 Å². The number of likely N-dealkylation sites (tertiary alicyclic amines) is 1. The minimum atomic E-state index is -0.826. The summed E-state index contributed by atoms with van der Waals surface area (Å²) in [6.45, 7) is 6.98. The molecule has 3 aliphatic rings.